The van der Waals surface area contributed by atoms with Gasteiger partial charge in [0.2, 0.25) is 5.91 Å². The molecule has 2 amide bonds. The van der Waals surface area contributed by atoms with Crippen molar-refractivity contribution in [3.63, 3.8) is 0 Å². The minimum atomic E-state index is -4.46. The molecule has 1 atom stereocenters. The van der Waals surface area contributed by atoms with E-state index >= 15 is 0 Å². The molecule has 0 radical (unpaired) electrons. The third-order valence-electron chi connectivity index (χ3n) is 5.25. The van der Waals surface area contributed by atoms with Gasteiger partial charge in [0.25, 0.3) is 5.91 Å². The SMILES string of the molecule is NC(=O)C[C@]1(COc2ccccc2)CCCN(C(=O)c2ccc(C(F)(F)F)cc2)C1. The maximum Gasteiger partial charge on any atom is 0.416 e. The predicted molar refractivity (Wildman–Crippen MR) is 105 cm³/mol. The van der Waals surface area contributed by atoms with Crippen molar-refractivity contribution in [2.75, 3.05) is 19.7 Å². The van der Waals surface area contributed by atoms with Crippen LogP contribution in [0.2, 0.25) is 0 Å². The molecule has 0 aliphatic carbocycles. The quantitative estimate of drug-likeness (QED) is 0.771. The summed E-state index contributed by atoms with van der Waals surface area (Å²) < 4.78 is 44.2. The number of carbonyl (C=O) groups excluding carboxylic acids is 2. The molecule has 3 rings (SSSR count). The van der Waals surface area contributed by atoms with Crippen molar-refractivity contribution in [3.05, 3.63) is 65.7 Å². The first kappa shape index (κ1) is 21.7. The van der Waals surface area contributed by atoms with Crippen LogP contribution in [0.1, 0.15) is 35.2 Å². The number of hydrogen-bond donors (Lipinski definition) is 1. The van der Waals surface area contributed by atoms with E-state index in [9.17, 15) is 22.8 Å². The minimum absolute atomic E-state index is 0.0522. The number of alkyl halides is 3. The Morgan fingerprint density at radius 3 is 2.33 bits per heavy atom. The van der Waals surface area contributed by atoms with Gasteiger partial charge in [-0.1, -0.05) is 18.2 Å². The van der Waals surface area contributed by atoms with Gasteiger partial charge < -0.3 is 15.4 Å². The van der Waals surface area contributed by atoms with Gasteiger partial charge in [-0.15, -0.1) is 0 Å². The van der Waals surface area contributed by atoms with Gasteiger partial charge in [-0.25, -0.2) is 0 Å². The second-order valence-electron chi connectivity index (χ2n) is 7.65. The van der Waals surface area contributed by atoms with E-state index in [2.05, 4.69) is 0 Å². The third-order valence-corrected chi connectivity index (χ3v) is 5.25. The Kier molecular flexibility index (Phi) is 6.34. The van der Waals surface area contributed by atoms with Crippen LogP contribution in [0, 0.1) is 5.41 Å². The van der Waals surface area contributed by atoms with Gasteiger partial charge in [0, 0.05) is 30.5 Å². The van der Waals surface area contributed by atoms with Crippen LogP contribution in [-0.2, 0) is 11.0 Å². The molecule has 5 nitrogen and oxygen atoms in total. The average Bonchev–Trinajstić information content (AvgIpc) is 2.72. The van der Waals surface area contributed by atoms with Gasteiger partial charge in [-0.2, -0.15) is 13.2 Å². The first-order valence-corrected chi connectivity index (χ1v) is 9.61. The highest BCUT2D eigenvalue weighted by Crippen LogP contribution is 2.35. The second kappa shape index (κ2) is 8.77. The number of likely N-dealkylation sites (tertiary alicyclic amines) is 1. The molecule has 0 spiro atoms. The molecule has 2 aromatic carbocycles. The maximum absolute atomic E-state index is 12.9. The standard InChI is InChI=1S/C22H23F3N2O3/c23-22(24,25)17-9-7-16(8-10-17)20(29)27-12-4-11-21(14-27,13-19(26)28)15-30-18-5-2-1-3-6-18/h1-3,5-10H,4,11-15H2,(H2,26,28)/t21-/m1/s1. The molecule has 30 heavy (non-hydrogen) atoms. The summed E-state index contributed by atoms with van der Waals surface area (Å²) >= 11 is 0. The number of rotatable bonds is 6. The average molecular weight is 420 g/mol. The summed E-state index contributed by atoms with van der Waals surface area (Å²) in [5, 5.41) is 0. The van der Waals surface area contributed by atoms with Crippen LogP contribution in [-0.4, -0.2) is 36.4 Å². The number of hydrogen-bond acceptors (Lipinski definition) is 3. The molecular weight excluding hydrogens is 397 g/mol. The molecule has 1 fully saturated rings. The highest BCUT2D eigenvalue weighted by atomic mass is 19.4. The fourth-order valence-corrected chi connectivity index (χ4v) is 3.80. The highest BCUT2D eigenvalue weighted by Gasteiger charge is 2.40. The number of nitrogens with two attached hydrogens (primary N) is 1. The number of para-hydroxylation sites is 1. The summed E-state index contributed by atoms with van der Waals surface area (Å²) in [6.45, 7) is 0.894. The maximum atomic E-state index is 12.9. The van der Waals surface area contributed by atoms with Gasteiger partial charge in [-0.3, -0.25) is 9.59 Å². The first-order valence-electron chi connectivity index (χ1n) is 9.61. The molecule has 0 aromatic heterocycles. The van der Waals surface area contributed by atoms with Crippen molar-refractivity contribution in [3.8, 4) is 5.75 Å². The number of nitrogens with zero attached hydrogens (tertiary/aromatic N) is 1. The van der Waals surface area contributed by atoms with Crippen LogP contribution in [0.15, 0.2) is 54.6 Å². The van der Waals surface area contributed by atoms with Gasteiger partial charge in [0.1, 0.15) is 5.75 Å². The number of carbonyl (C=O) groups is 2. The number of ether oxygens (including phenoxy) is 1. The predicted octanol–water partition coefficient (Wildman–Crippen LogP) is 3.88. The van der Waals surface area contributed by atoms with E-state index in [4.69, 9.17) is 10.5 Å². The number of halogens is 3. The minimum Gasteiger partial charge on any atom is -0.493 e. The fourth-order valence-electron chi connectivity index (χ4n) is 3.80. The Labute approximate surface area is 172 Å². The number of primary amides is 1. The summed E-state index contributed by atoms with van der Waals surface area (Å²) in [5.74, 6) is -0.222. The molecular formula is C22H23F3N2O3. The van der Waals surface area contributed by atoms with E-state index in [1.165, 1.54) is 12.1 Å². The number of amides is 2. The highest BCUT2D eigenvalue weighted by molar-refractivity contribution is 5.94. The Hall–Kier alpha value is -3.03. The molecule has 1 aliphatic rings. The van der Waals surface area contributed by atoms with Gasteiger partial charge >= 0.3 is 6.18 Å². The van der Waals surface area contributed by atoms with E-state index in [1.807, 2.05) is 18.2 Å². The normalized spacial score (nSPS) is 19.4. The molecule has 0 bridgehead atoms. The molecule has 1 heterocycles. The Bertz CT molecular complexity index is 885. The van der Waals surface area contributed by atoms with Crippen LogP contribution in [0.4, 0.5) is 13.2 Å². The zero-order valence-corrected chi connectivity index (χ0v) is 16.3. The zero-order valence-electron chi connectivity index (χ0n) is 16.3. The molecule has 1 aliphatic heterocycles. The molecule has 2 aromatic rings. The summed E-state index contributed by atoms with van der Waals surface area (Å²) in [5.41, 5.74) is 4.17. The van der Waals surface area contributed by atoms with Gasteiger partial charge in [0.05, 0.1) is 12.2 Å². The van der Waals surface area contributed by atoms with Crippen molar-refractivity contribution in [1.82, 2.24) is 4.90 Å². The van der Waals surface area contributed by atoms with Crippen molar-refractivity contribution in [2.45, 2.75) is 25.4 Å². The van der Waals surface area contributed by atoms with E-state index < -0.39 is 23.1 Å². The lowest BCUT2D eigenvalue weighted by Gasteiger charge is -2.42. The summed E-state index contributed by atoms with van der Waals surface area (Å²) in [7, 11) is 0. The van der Waals surface area contributed by atoms with Crippen LogP contribution in [0.3, 0.4) is 0 Å². The van der Waals surface area contributed by atoms with Crippen LogP contribution in [0.25, 0.3) is 0 Å². The Balaban J connectivity index is 1.75. The second-order valence-corrected chi connectivity index (χ2v) is 7.65. The lowest BCUT2D eigenvalue weighted by atomic mass is 9.77. The van der Waals surface area contributed by atoms with E-state index in [0.29, 0.717) is 25.1 Å². The number of benzene rings is 2. The summed E-state index contributed by atoms with van der Waals surface area (Å²) in [6, 6.07) is 13.3. The van der Waals surface area contributed by atoms with Crippen molar-refractivity contribution in [1.29, 1.82) is 0 Å². The number of piperidine rings is 1. The summed E-state index contributed by atoms with van der Waals surface area (Å²) in [6.07, 6.45) is -3.12. The molecule has 160 valence electrons. The van der Waals surface area contributed by atoms with Crippen LogP contribution < -0.4 is 10.5 Å². The van der Waals surface area contributed by atoms with Crippen LogP contribution >= 0.6 is 0 Å². The fraction of sp³-hybridized carbons (Fsp3) is 0.364. The monoisotopic (exact) mass is 420 g/mol. The van der Waals surface area contributed by atoms with E-state index in [0.717, 1.165) is 12.1 Å². The molecule has 0 saturated carbocycles. The Morgan fingerprint density at radius 2 is 1.73 bits per heavy atom. The lowest BCUT2D eigenvalue weighted by Crippen LogP contribution is -2.50. The van der Waals surface area contributed by atoms with E-state index in [-0.39, 0.29) is 31.0 Å². The topological polar surface area (TPSA) is 72.6 Å². The molecule has 8 heteroatoms. The molecule has 0 unspecified atom stereocenters. The van der Waals surface area contributed by atoms with Crippen molar-refractivity contribution < 1.29 is 27.5 Å². The van der Waals surface area contributed by atoms with Gasteiger partial charge in [0.15, 0.2) is 0 Å². The van der Waals surface area contributed by atoms with Crippen molar-refractivity contribution >= 4 is 11.8 Å². The smallest absolute Gasteiger partial charge is 0.416 e. The van der Waals surface area contributed by atoms with E-state index in [1.54, 1.807) is 17.0 Å². The van der Waals surface area contributed by atoms with Crippen LogP contribution in [0.5, 0.6) is 5.75 Å². The largest absolute Gasteiger partial charge is 0.493 e. The van der Waals surface area contributed by atoms with Gasteiger partial charge in [-0.05, 0) is 49.2 Å². The zero-order chi connectivity index (χ0) is 21.8. The van der Waals surface area contributed by atoms with Crippen molar-refractivity contribution in [2.24, 2.45) is 11.1 Å². The lowest BCUT2D eigenvalue weighted by molar-refractivity contribution is -0.137. The molecule has 1 saturated heterocycles. The first-order chi connectivity index (χ1) is 14.2. The Morgan fingerprint density at radius 1 is 1.07 bits per heavy atom. The third kappa shape index (κ3) is 5.31. The molecule has 2 N–H and O–H groups in total. The summed E-state index contributed by atoms with van der Waals surface area (Å²) in [4.78, 5) is 26.2.